The highest BCUT2D eigenvalue weighted by Gasteiger charge is 2.50. The van der Waals surface area contributed by atoms with Crippen LogP contribution in [0.4, 0.5) is 18.9 Å². The van der Waals surface area contributed by atoms with Crippen molar-refractivity contribution in [3.63, 3.8) is 0 Å². The Morgan fingerprint density at radius 3 is 2.37 bits per heavy atom. The van der Waals surface area contributed by atoms with Gasteiger partial charge in [-0.3, -0.25) is 4.90 Å². The second kappa shape index (κ2) is 6.62. The summed E-state index contributed by atoms with van der Waals surface area (Å²) in [6, 6.07) is 2.90. The van der Waals surface area contributed by atoms with E-state index in [0.29, 0.717) is 17.5 Å². The number of hydrogen-bond acceptors (Lipinski definition) is 5. The summed E-state index contributed by atoms with van der Waals surface area (Å²) in [5.74, 6) is 0.670. The summed E-state index contributed by atoms with van der Waals surface area (Å²) in [6.45, 7) is 3.40. The lowest BCUT2D eigenvalue weighted by atomic mass is 9.80. The summed E-state index contributed by atoms with van der Waals surface area (Å²) in [7, 11) is -2.80. The Bertz CT molecular complexity index is 773. The minimum Gasteiger partial charge on any atom is -0.369 e. The molecule has 0 bridgehead atoms. The number of pyridine rings is 1. The van der Waals surface area contributed by atoms with Crippen molar-refractivity contribution in [3.05, 3.63) is 24.0 Å². The Hall–Kier alpha value is -1.35. The molecule has 1 aromatic rings. The maximum atomic E-state index is 12.7. The molecule has 0 saturated carbocycles. The molecule has 4 heterocycles. The highest BCUT2D eigenvalue weighted by atomic mass is 32.2. The van der Waals surface area contributed by atoms with Gasteiger partial charge in [0.25, 0.3) is 0 Å². The number of rotatable bonds is 2. The Balaban J connectivity index is 1.36. The Labute approximate surface area is 157 Å². The summed E-state index contributed by atoms with van der Waals surface area (Å²) >= 11 is 0. The zero-order valence-corrected chi connectivity index (χ0v) is 15.9. The normalized spacial score (nSPS) is 28.1. The summed E-state index contributed by atoms with van der Waals surface area (Å²) in [4.78, 5) is 8.12. The van der Waals surface area contributed by atoms with Crippen molar-refractivity contribution in [2.24, 2.45) is 5.41 Å². The molecule has 1 aromatic heterocycles. The molecule has 0 N–H and O–H groups in total. The summed E-state index contributed by atoms with van der Waals surface area (Å²) in [5.41, 5.74) is -0.135. The predicted octanol–water partition coefficient (Wildman–Crippen LogP) is 2.58. The molecule has 3 aliphatic rings. The molecule has 0 amide bonds. The van der Waals surface area contributed by atoms with Gasteiger partial charge in [0.2, 0.25) is 0 Å². The van der Waals surface area contributed by atoms with Crippen LogP contribution in [0.25, 0.3) is 0 Å². The highest BCUT2D eigenvalue weighted by molar-refractivity contribution is 7.92. The quantitative estimate of drug-likeness (QED) is 0.760. The zero-order valence-electron chi connectivity index (χ0n) is 15.1. The Kier molecular flexibility index (Phi) is 4.65. The fourth-order valence-corrected chi connectivity index (χ4v) is 7.13. The third-order valence-corrected chi connectivity index (χ3v) is 8.33. The molecule has 5 nitrogen and oxygen atoms in total. The lowest BCUT2D eigenvalue weighted by Gasteiger charge is -2.50. The van der Waals surface area contributed by atoms with Gasteiger partial charge in [0, 0.05) is 24.5 Å². The first-order chi connectivity index (χ1) is 12.7. The van der Waals surface area contributed by atoms with Crippen LogP contribution in [0.1, 0.15) is 31.4 Å². The second-order valence-corrected chi connectivity index (χ2v) is 10.3. The first-order valence-corrected chi connectivity index (χ1v) is 11.2. The molecule has 4 rings (SSSR count). The zero-order chi connectivity index (χ0) is 19.3. The molecule has 3 fully saturated rings. The molecule has 0 aliphatic carbocycles. The molecular weight excluding hydrogens is 379 g/mol. The minimum atomic E-state index is -4.41. The smallest absolute Gasteiger partial charge is 0.369 e. The largest absolute Gasteiger partial charge is 0.433 e. The number of hydrogen-bond donors (Lipinski definition) is 0. The number of alkyl halides is 3. The fourth-order valence-electron chi connectivity index (χ4n) is 4.77. The standard InChI is InChI=1S/C18H24F3N3O2S/c19-18(20,21)16-4-3-14(10-22-16)24-7-1-2-15(11-24)23-8-5-17(6-9-23)12-27(25,26)13-17/h3-4,10,15H,1-2,5-9,11-13H2/t15-/m1/s1. The monoisotopic (exact) mass is 403 g/mol. The third-order valence-electron chi connectivity index (χ3n) is 6.23. The van der Waals surface area contributed by atoms with Crippen LogP contribution in [0, 0.1) is 5.41 Å². The van der Waals surface area contributed by atoms with Gasteiger partial charge in [-0.25, -0.2) is 13.4 Å². The third kappa shape index (κ3) is 3.94. The Morgan fingerprint density at radius 2 is 1.81 bits per heavy atom. The van der Waals surface area contributed by atoms with Crippen LogP contribution in [0.5, 0.6) is 0 Å². The number of nitrogens with zero attached hydrogens (tertiary/aromatic N) is 3. The molecule has 3 saturated heterocycles. The van der Waals surface area contributed by atoms with E-state index in [1.54, 1.807) is 0 Å². The van der Waals surface area contributed by atoms with Crippen molar-refractivity contribution in [2.75, 3.05) is 42.6 Å². The van der Waals surface area contributed by atoms with E-state index in [2.05, 4.69) is 14.8 Å². The molecule has 150 valence electrons. The van der Waals surface area contributed by atoms with E-state index >= 15 is 0 Å². The summed E-state index contributed by atoms with van der Waals surface area (Å²) < 4.78 is 61.1. The van der Waals surface area contributed by atoms with Gasteiger partial charge in [-0.2, -0.15) is 13.2 Å². The van der Waals surface area contributed by atoms with E-state index in [1.165, 1.54) is 12.3 Å². The van der Waals surface area contributed by atoms with E-state index in [4.69, 9.17) is 0 Å². The Morgan fingerprint density at radius 1 is 1.11 bits per heavy atom. The molecule has 27 heavy (non-hydrogen) atoms. The van der Waals surface area contributed by atoms with E-state index < -0.39 is 21.7 Å². The van der Waals surface area contributed by atoms with Crippen LogP contribution < -0.4 is 4.90 Å². The number of piperidine rings is 2. The number of halogens is 3. The average Bonchev–Trinajstić information content (AvgIpc) is 2.60. The molecule has 1 atom stereocenters. The summed E-state index contributed by atoms with van der Waals surface area (Å²) in [5, 5.41) is 0. The van der Waals surface area contributed by atoms with Crippen LogP contribution >= 0.6 is 0 Å². The van der Waals surface area contributed by atoms with E-state index in [1.807, 2.05) is 0 Å². The average molecular weight is 403 g/mol. The van der Waals surface area contributed by atoms with Crippen LogP contribution in [0.15, 0.2) is 18.3 Å². The maximum Gasteiger partial charge on any atom is 0.433 e. The van der Waals surface area contributed by atoms with Crippen LogP contribution in [-0.4, -0.2) is 62.0 Å². The lowest BCUT2D eigenvalue weighted by molar-refractivity contribution is -0.141. The van der Waals surface area contributed by atoms with E-state index in [-0.39, 0.29) is 5.41 Å². The predicted molar refractivity (Wildman–Crippen MR) is 96.4 cm³/mol. The van der Waals surface area contributed by atoms with Gasteiger partial charge in [-0.15, -0.1) is 0 Å². The van der Waals surface area contributed by atoms with Gasteiger partial charge in [-0.1, -0.05) is 0 Å². The lowest BCUT2D eigenvalue weighted by Crippen LogP contribution is -2.58. The van der Waals surface area contributed by atoms with Crippen molar-refractivity contribution in [2.45, 2.75) is 37.9 Å². The number of likely N-dealkylation sites (tertiary alicyclic amines) is 1. The van der Waals surface area contributed by atoms with Gasteiger partial charge in [0.1, 0.15) is 5.69 Å². The number of sulfone groups is 1. The van der Waals surface area contributed by atoms with Crippen molar-refractivity contribution < 1.29 is 21.6 Å². The maximum absolute atomic E-state index is 12.7. The first kappa shape index (κ1) is 19.0. The van der Waals surface area contributed by atoms with Crippen LogP contribution in [0.3, 0.4) is 0 Å². The topological polar surface area (TPSA) is 53.5 Å². The molecular formula is C18H24F3N3O2S. The van der Waals surface area contributed by atoms with Crippen molar-refractivity contribution in [1.82, 2.24) is 9.88 Å². The van der Waals surface area contributed by atoms with E-state index in [0.717, 1.165) is 63.6 Å². The molecule has 9 heteroatoms. The minimum absolute atomic E-state index is 0.00102. The van der Waals surface area contributed by atoms with Crippen molar-refractivity contribution >= 4 is 15.5 Å². The fraction of sp³-hybridized carbons (Fsp3) is 0.722. The van der Waals surface area contributed by atoms with Crippen molar-refractivity contribution in [3.8, 4) is 0 Å². The van der Waals surface area contributed by atoms with Crippen molar-refractivity contribution in [1.29, 1.82) is 0 Å². The molecule has 0 unspecified atom stereocenters. The number of aromatic nitrogens is 1. The molecule has 3 aliphatic heterocycles. The molecule has 0 radical (unpaired) electrons. The molecule has 0 aromatic carbocycles. The van der Waals surface area contributed by atoms with Crippen LogP contribution in [-0.2, 0) is 16.0 Å². The highest BCUT2D eigenvalue weighted by Crippen LogP contribution is 2.43. The van der Waals surface area contributed by atoms with Gasteiger partial charge in [0.15, 0.2) is 9.84 Å². The molecule has 1 spiro atoms. The van der Waals surface area contributed by atoms with Gasteiger partial charge in [0.05, 0.1) is 23.4 Å². The van der Waals surface area contributed by atoms with Gasteiger partial charge < -0.3 is 4.90 Å². The second-order valence-electron chi connectivity index (χ2n) is 8.21. The number of anilines is 1. The van der Waals surface area contributed by atoms with Gasteiger partial charge in [-0.05, 0) is 50.9 Å². The van der Waals surface area contributed by atoms with Gasteiger partial charge >= 0.3 is 6.18 Å². The summed E-state index contributed by atoms with van der Waals surface area (Å²) in [6.07, 6.45) is 0.796. The first-order valence-electron chi connectivity index (χ1n) is 9.39. The SMILES string of the molecule is O=S1(=O)CC2(CCN([C@@H]3CCCN(c4ccc(C(F)(F)F)nc4)C3)CC2)C1. The van der Waals surface area contributed by atoms with E-state index in [9.17, 15) is 21.6 Å². The van der Waals surface area contributed by atoms with Crippen LogP contribution in [0.2, 0.25) is 0 Å².